The van der Waals surface area contributed by atoms with Gasteiger partial charge in [-0.05, 0) is 18.2 Å². The third kappa shape index (κ3) is 2.18. The van der Waals surface area contributed by atoms with Gasteiger partial charge in [0.1, 0.15) is 5.65 Å². The Hall–Kier alpha value is -2.89. The normalized spacial score (nSPS) is 10.6. The Morgan fingerprint density at radius 1 is 1.30 bits per heavy atom. The predicted octanol–water partition coefficient (Wildman–Crippen LogP) is 1.67. The molecule has 0 aliphatic rings. The first-order chi connectivity index (χ1) is 9.75. The summed E-state index contributed by atoms with van der Waals surface area (Å²) in [4.78, 5) is 22.9. The zero-order chi connectivity index (χ0) is 13.9. The first kappa shape index (κ1) is 12.2. The second kappa shape index (κ2) is 5.00. The summed E-state index contributed by atoms with van der Waals surface area (Å²) in [5, 5.41) is 4.05. The van der Waals surface area contributed by atoms with Crippen molar-refractivity contribution < 1.29 is 4.79 Å². The molecule has 0 aromatic carbocycles. The average molecular weight is 267 g/mol. The summed E-state index contributed by atoms with van der Waals surface area (Å²) in [7, 11) is 0. The van der Waals surface area contributed by atoms with Crippen molar-refractivity contribution in [2.75, 3.05) is 5.32 Å². The Morgan fingerprint density at radius 2 is 2.20 bits per heavy atom. The molecule has 100 valence electrons. The van der Waals surface area contributed by atoms with Crippen molar-refractivity contribution >= 4 is 22.6 Å². The van der Waals surface area contributed by atoms with Gasteiger partial charge in [0.05, 0.1) is 23.5 Å². The van der Waals surface area contributed by atoms with Crippen molar-refractivity contribution in [3.63, 3.8) is 0 Å². The number of hydrogen-bond acceptors (Lipinski definition) is 4. The first-order valence-electron chi connectivity index (χ1n) is 6.15. The van der Waals surface area contributed by atoms with E-state index in [2.05, 4.69) is 20.3 Å². The number of fused-ring (bicyclic) bond motifs is 1. The Kier molecular flexibility index (Phi) is 3.04. The summed E-state index contributed by atoms with van der Waals surface area (Å²) < 4.78 is 0. The van der Waals surface area contributed by atoms with Gasteiger partial charge in [0.15, 0.2) is 0 Å². The smallest absolute Gasteiger partial charge is 0.252 e. The number of nitrogens with two attached hydrogens (primary N) is 1. The molecule has 0 aliphatic heterocycles. The number of nitrogens with zero attached hydrogens (tertiary/aromatic N) is 2. The van der Waals surface area contributed by atoms with Crippen molar-refractivity contribution in [3.8, 4) is 0 Å². The highest BCUT2D eigenvalue weighted by Crippen LogP contribution is 2.25. The van der Waals surface area contributed by atoms with E-state index in [-0.39, 0.29) is 0 Å². The number of pyridine rings is 2. The van der Waals surface area contributed by atoms with E-state index < -0.39 is 5.91 Å². The highest BCUT2D eigenvalue weighted by molar-refractivity contribution is 6.05. The lowest BCUT2D eigenvalue weighted by Gasteiger charge is -2.10. The summed E-state index contributed by atoms with van der Waals surface area (Å²) in [6.07, 6.45) is 4.97. The third-order valence-electron chi connectivity index (χ3n) is 3.02. The van der Waals surface area contributed by atoms with Gasteiger partial charge < -0.3 is 16.0 Å². The molecule has 0 saturated heterocycles. The molecule has 3 heterocycles. The summed E-state index contributed by atoms with van der Waals surface area (Å²) in [6, 6.07) is 7.54. The molecule has 0 saturated carbocycles. The van der Waals surface area contributed by atoms with Crippen molar-refractivity contribution in [3.05, 3.63) is 54.1 Å². The van der Waals surface area contributed by atoms with E-state index in [1.807, 2.05) is 24.3 Å². The number of amides is 1. The number of H-pyrrole nitrogens is 1. The zero-order valence-electron chi connectivity index (χ0n) is 10.6. The van der Waals surface area contributed by atoms with Crippen LogP contribution in [0.3, 0.4) is 0 Å². The van der Waals surface area contributed by atoms with Gasteiger partial charge in [-0.1, -0.05) is 6.07 Å². The lowest BCUT2D eigenvalue weighted by Crippen LogP contribution is -2.15. The Morgan fingerprint density at radius 3 is 2.95 bits per heavy atom. The van der Waals surface area contributed by atoms with Gasteiger partial charge >= 0.3 is 0 Å². The lowest BCUT2D eigenvalue weighted by molar-refractivity contribution is 0.100. The molecule has 6 nitrogen and oxygen atoms in total. The molecule has 0 radical (unpaired) electrons. The largest absolute Gasteiger partial charge is 0.378 e. The zero-order valence-corrected chi connectivity index (χ0v) is 10.6. The molecule has 6 heteroatoms. The van der Waals surface area contributed by atoms with Crippen molar-refractivity contribution in [1.29, 1.82) is 0 Å². The maximum atomic E-state index is 11.5. The summed E-state index contributed by atoms with van der Waals surface area (Å²) in [5.41, 5.74) is 8.03. The molecule has 0 fully saturated rings. The number of aromatic amines is 1. The van der Waals surface area contributed by atoms with Gasteiger partial charge in [-0.2, -0.15) is 0 Å². The molecule has 20 heavy (non-hydrogen) atoms. The maximum absolute atomic E-state index is 11.5. The van der Waals surface area contributed by atoms with E-state index >= 15 is 0 Å². The minimum Gasteiger partial charge on any atom is -0.378 e. The number of primary amides is 1. The number of hydrogen-bond donors (Lipinski definition) is 3. The molecule has 1 amide bonds. The highest BCUT2D eigenvalue weighted by atomic mass is 16.1. The third-order valence-corrected chi connectivity index (χ3v) is 3.02. The fourth-order valence-electron chi connectivity index (χ4n) is 2.07. The fraction of sp³-hybridized carbons (Fsp3) is 0.0714. The summed E-state index contributed by atoms with van der Waals surface area (Å²) in [6.45, 7) is 0.505. The molecule has 0 atom stereocenters. The van der Waals surface area contributed by atoms with Gasteiger partial charge in [0.2, 0.25) is 0 Å². The van der Waals surface area contributed by atoms with Crippen molar-refractivity contribution in [2.45, 2.75) is 6.54 Å². The van der Waals surface area contributed by atoms with Crippen molar-refractivity contribution in [2.24, 2.45) is 5.73 Å². The topological polar surface area (TPSA) is 96.7 Å². The van der Waals surface area contributed by atoms with Gasteiger partial charge in [0, 0.05) is 24.0 Å². The van der Waals surface area contributed by atoms with E-state index in [9.17, 15) is 4.79 Å². The monoisotopic (exact) mass is 267 g/mol. The number of nitrogens with one attached hydrogen (secondary N) is 2. The van der Waals surface area contributed by atoms with E-state index in [4.69, 9.17) is 5.73 Å². The van der Waals surface area contributed by atoms with Crippen LogP contribution in [0.1, 0.15) is 16.1 Å². The van der Waals surface area contributed by atoms with Crippen LogP contribution in [-0.2, 0) is 6.54 Å². The van der Waals surface area contributed by atoms with Crippen LogP contribution in [0, 0.1) is 0 Å². The molecular weight excluding hydrogens is 254 g/mol. The second-order valence-electron chi connectivity index (χ2n) is 4.33. The molecular formula is C14H13N5O. The molecule has 3 rings (SSSR count). The average Bonchev–Trinajstić information content (AvgIpc) is 2.94. The molecule has 3 aromatic rings. The minimum atomic E-state index is -0.510. The molecule has 4 N–H and O–H groups in total. The number of aromatic nitrogens is 3. The standard InChI is InChI=1S/C14H13N5O/c15-13(20)11-8-19-14-10(4-6-17-14)12(11)18-7-9-3-1-2-5-16-9/h1-6,8H,7H2,(H2,15,20)(H2,17,18,19). The van der Waals surface area contributed by atoms with Crippen LogP contribution in [0.2, 0.25) is 0 Å². The first-order valence-corrected chi connectivity index (χ1v) is 6.15. The van der Waals surface area contributed by atoms with E-state index in [0.717, 1.165) is 11.1 Å². The SMILES string of the molecule is NC(=O)c1cnc2[nH]ccc2c1NCc1ccccn1. The van der Waals surface area contributed by atoms with Gasteiger partial charge in [-0.15, -0.1) is 0 Å². The fourth-order valence-corrected chi connectivity index (χ4v) is 2.07. The summed E-state index contributed by atoms with van der Waals surface area (Å²) in [5.74, 6) is -0.510. The minimum absolute atomic E-state index is 0.369. The Balaban J connectivity index is 1.98. The van der Waals surface area contributed by atoms with E-state index in [1.165, 1.54) is 6.20 Å². The molecule has 0 bridgehead atoms. The van der Waals surface area contributed by atoms with Crippen LogP contribution >= 0.6 is 0 Å². The van der Waals surface area contributed by atoms with E-state index in [1.54, 1.807) is 12.4 Å². The second-order valence-corrected chi connectivity index (χ2v) is 4.33. The van der Waals surface area contributed by atoms with Gasteiger partial charge in [-0.25, -0.2) is 4.98 Å². The summed E-state index contributed by atoms with van der Waals surface area (Å²) >= 11 is 0. The quantitative estimate of drug-likeness (QED) is 0.669. The van der Waals surface area contributed by atoms with Crippen LogP contribution in [-0.4, -0.2) is 20.9 Å². The molecule has 0 spiro atoms. The Labute approximate surface area is 115 Å². The number of rotatable bonds is 4. The van der Waals surface area contributed by atoms with Crippen LogP contribution < -0.4 is 11.1 Å². The van der Waals surface area contributed by atoms with Gasteiger partial charge in [0.25, 0.3) is 5.91 Å². The number of carbonyl (C=O) groups excluding carboxylic acids is 1. The van der Waals surface area contributed by atoms with Crippen LogP contribution in [0.25, 0.3) is 11.0 Å². The molecule has 3 aromatic heterocycles. The van der Waals surface area contributed by atoms with Crippen LogP contribution in [0.5, 0.6) is 0 Å². The van der Waals surface area contributed by atoms with E-state index in [0.29, 0.717) is 23.4 Å². The lowest BCUT2D eigenvalue weighted by atomic mass is 10.1. The number of anilines is 1. The maximum Gasteiger partial charge on any atom is 0.252 e. The van der Waals surface area contributed by atoms with Crippen LogP contribution in [0.4, 0.5) is 5.69 Å². The van der Waals surface area contributed by atoms with Crippen molar-refractivity contribution in [1.82, 2.24) is 15.0 Å². The number of carbonyl (C=O) groups is 1. The molecule has 0 unspecified atom stereocenters. The predicted molar refractivity (Wildman–Crippen MR) is 76.2 cm³/mol. The van der Waals surface area contributed by atoms with Gasteiger partial charge in [-0.3, -0.25) is 9.78 Å². The van der Waals surface area contributed by atoms with Crippen LogP contribution in [0.15, 0.2) is 42.9 Å². The molecule has 0 aliphatic carbocycles. The Bertz CT molecular complexity index is 751. The highest BCUT2D eigenvalue weighted by Gasteiger charge is 2.13.